The molecule has 0 N–H and O–H groups in total. The molecule has 0 aliphatic heterocycles. The van der Waals surface area contributed by atoms with Crippen LogP contribution in [0.15, 0.2) is 146 Å². The van der Waals surface area contributed by atoms with Gasteiger partial charge in [0.15, 0.2) is 6.10 Å². The van der Waals surface area contributed by atoms with E-state index in [4.69, 9.17) is 14.2 Å². The Morgan fingerprint density at radius 3 is 0.986 bits per heavy atom. The summed E-state index contributed by atoms with van der Waals surface area (Å²) in [6, 6.07) is 0. The summed E-state index contributed by atoms with van der Waals surface area (Å²) in [5.41, 5.74) is 0. The van der Waals surface area contributed by atoms with Gasteiger partial charge in [-0.3, -0.25) is 14.4 Å². The van der Waals surface area contributed by atoms with Crippen molar-refractivity contribution in [2.75, 3.05) is 13.2 Å². The van der Waals surface area contributed by atoms with E-state index in [1.165, 1.54) is 96.3 Å². The lowest BCUT2D eigenvalue weighted by Crippen LogP contribution is -2.30. The van der Waals surface area contributed by atoms with E-state index in [0.29, 0.717) is 19.3 Å². The fourth-order valence-corrected chi connectivity index (χ4v) is 7.21. The van der Waals surface area contributed by atoms with Gasteiger partial charge in [0.05, 0.1) is 12.8 Å². The van der Waals surface area contributed by atoms with E-state index >= 15 is 0 Å². The molecule has 0 aromatic rings. The largest absolute Gasteiger partial charge is 0.462 e. The van der Waals surface area contributed by atoms with Crippen LogP contribution < -0.4 is 0 Å². The fourth-order valence-electron chi connectivity index (χ4n) is 7.21. The predicted octanol–water partition coefficient (Wildman–Crippen LogP) is 19.2. The van der Waals surface area contributed by atoms with Gasteiger partial charge in [0, 0.05) is 6.42 Å². The van der Waals surface area contributed by atoms with Crippen molar-refractivity contribution in [3.8, 4) is 0 Å². The van der Waals surface area contributed by atoms with Crippen LogP contribution in [0.2, 0.25) is 0 Å². The van der Waals surface area contributed by atoms with Crippen LogP contribution >= 0.6 is 0 Å². The molecule has 6 nitrogen and oxygen atoms in total. The van der Waals surface area contributed by atoms with Gasteiger partial charge in [0.2, 0.25) is 0 Å². The van der Waals surface area contributed by atoms with Gasteiger partial charge in [-0.15, -0.1) is 0 Å². The van der Waals surface area contributed by atoms with Crippen LogP contribution in [0.25, 0.3) is 0 Å². The van der Waals surface area contributed by atoms with Crippen LogP contribution in [0.4, 0.5) is 0 Å². The molecular weight excluding hydrogens is 877 g/mol. The molecule has 0 rings (SSSR count). The average Bonchev–Trinajstić information content (AvgIpc) is 3.37. The highest BCUT2D eigenvalue weighted by Crippen LogP contribution is 2.14. The van der Waals surface area contributed by atoms with Gasteiger partial charge in [0.1, 0.15) is 13.2 Å². The molecule has 0 heterocycles. The Kier molecular flexibility index (Phi) is 54.0. The number of hydrogen-bond acceptors (Lipinski definition) is 6. The zero-order valence-electron chi connectivity index (χ0n) is 45.4. The molecule has 1 atom stereocenters. The molecule has 0 saturated carbocycles. The third-order valence-corrected chi connectivity index (χ3v) is 11.4. The highest BCUT2D eigenvalue weighted by atomic mass is 16.6. The lowest BCUT2D eigenvalue weighted by molar-refractivity contribution is -0.166. The van der Waals surface area contributed by atoms with Crippen LogP contribution in [0.3, 0.4) is 0 Å². The minimum atomic E-state index is -0.879. The quantitative estimate of drug-likeness (QED) is 0.0262. The Bertz CT molecular complexity index is 1590. The normalized spacial score (nSPS) is 13.2. The van der Waals surface area contributed by atoms with E-state index < -0.39 is 18.0 Å². The second kappa shape index (κ2) is 57.9. The molecule has 0 fully saturated rings. The topological polar surface area (TPSA) is 78.9 Å². The van der Waals surface area contributed by atoms with Crippen molar-refractivity contribution in [2.45, 2.75) is 232 Å². The van der Waals surface area contributed by atoms with Crippen molar-refractivity contribution in [3.63, 3.8) is 0 Å². The summed E-state index contributed by atoms with van der Waals surface area (Å²) < 4.78 is 16.6. The fraction of sp³-hybridized carbons (Fsp3) is 0.585. The number of allylic oxidation sites excluding steroid dienone is 22. The van der Waals surface area contributed by atoms with E-state index in [2.05, 4.69) is 142 Å². The number of hydrogen-bond donors (Lipinski definition) is 0. The van der Waals surface area contributed by atoms with Gasteiger partial charge in [-0.05, 0) is 103 Å². The summed E-state index contributed by atoms with van der Waals surface area (Å²) >= 11 is 0. The first-order valence-corrected chi connectivity index (χ1v) is 28.3. The minimum absolute atomic E-state index is 0.0710. The van der Waals surface area contributed by atoms with Crippen molar-refractivity contribution in [1.29, 1.82) is 0 Å². The number of rotatable bonds is 49. The molecule has 0 aromatic carbocycles. The molecule has 1 unspecified atom stereocenters. The van der Waals surface area contributed by atoms with Crippen molar-refractivity contribution < 1.29 is 28.6 Å². The molecule has 0 radical (unpaired) electrons. The second-order valence-corrected chi connectivity index (χ2v) is 18.1. The zero-order valence-corrected chi connectivity index (χ0v) is 45.4. The van der Waals surface area contributed by atoms with Crippen LogP contribution in [0.5, 0.6) is 0 Å². The highest BCUT2D eigenvalue weighted by Gasteiger charge is 2.19. The van der Waals surface area contributed by atoms with Crippen LogP contribution in [0, 0.1) is 0 Å². The Morgan fingerprint density at radius 2 is 0.606 bits per heavy atom. The third-order valence-electron chi connectivity index (χ3n) is 11.4. The maximum absolute atomic E-state index is 12.8. The van der Waals surface area contributed by atoms with E-state index in [1.807, 2.05) is 12.2 Å². The van der Waals surface area contributed by atoms with Gasteiger partial charge in [0.25, 0.3) is 0 Å². The average molecular weight is 980 g/mol. The van der Waals surface area contributed by atoms with Crippen molar-refractivity contribution >= 4 is 17.9 Å². The molecule has 71 heavy (non-hydrogen) atoms. The van der Waals surface area contributed by atoms with E-state index in [9.17, 15) is 14.4 Å². The lowest BCUT2D eigenvalue weighted by atomic mass is 10.0. The Hall–Kier alpha value is -4.71. The van der Waals surface area contributed by atoms with E-state index in [0.717, 1.165) is 77.0 Å². The Morgan fingerprint density at radius 1 is 0.310 bits per heavy atom. The molecule has 6 heteroatoms. The smallest absolute Gasteiger partial charge is 0.310 e. The van der Waals surface area contributed by atoms with Gasteiger partial charge >= 0.3 is 17.9 Å². The number of unbranched alkanes of at least 4 members (excludes halogenated alkanes) is 16. The van der Waals surface area contributed by atoms with Crippen molar-refractivity contribution in [3.05, 3.63) is 146 Å². The lowest BCUT2D eigenvalue weighted by Gasteiger charge is -2.17. The molecule has 0 bridgehead atoms. The number of carbonyl (C=O) groups is 3. The molecule has 0 aromatic heterocycles. The van der Waals surface area contributed by atoms with Crippen LogP contribution in [-0.2, 0) is 28.6 Å². The van der Waals surface area contributed by atoms with Crippen molar-refractivity contribution in [1.82, 2.24) is 0 Å². The summed E-state index contributed by atoms with van der Waals surface area (Å²) in [7, 11) is 0. The molecule has 0 aliphatic carbocycles. The van der Waals surface area contributed by atoms with E-state index in [1.54, 1.807) is 12.2 Å². The van der Waals surface area contributed by atoms with E-state index in [-0.39, 0.29) is 32.0 Å². The maximum atomic E-state index is 12.8. The zero-order chi connectivity index (χ0) is 51.4. The maximum Gasteiger partial charge on any atom is 0.310 e. The minimum Gasteiger partial charge on any atom is -0.462 e. The van der Waals surface area contributed by atoms with Gasteiger partial charge in [-0.25, -0.2) is 0 Å². The molecule has 0 aliphatic rings. The number of esters is 3. The van der Waals surface area contributed by atoms with Crippen molar-refractivity contribution in [2.24, 2.45) is 0 Å². The first-order chi connectivity index (χ1) is 35.0. The first kappa shape index (κ1) is 66.3. The van der Waals surface area contributed by atoms with Gasteiger partial charge in [-0.2, -0.15) is 0 Å². The summed E-state index contributed by atoms with van der Waals surface area (Å²) in [5, 5.41) is 0. The standard InChI is InChI=1S/C65H102O6/c1-4-7-10-13-16-19-22-25-28-29-30-31-32-33-34-35-38-40-43-46-49-52-55-58-64(67)70-61-62(71-65(68)59-56-53-50-47-44-41-37-27-24-21-18-15-12-9-6-3)60-69-63(66)57-54-51-48-45-42-39-36-26-23-20-17-14-11-8-5-2/h8-9,11-12,17-18,20-22,25-27,29-30,36-37,42,44-45,47,51,53-54,56,62H,4-7,10,13-16,19,23-24,28,31-35,38-41,43,46,48-50,52,55,57-61H2,1-3H3/b11-8-,12-9-,20-17-,21-18-,25-22-,30-29-,36-26-,37-27-,45-42-,47-44-,54-51-,56-53-. The highest BCUT2D eigenvalue weighted by molar-refractivity contribution is 5.72. The number of carbonyl (C=O) groups excluding carboxylic acids is 3. The summed E-state index contributed by atoms with van der Waals surface area (Å²) in [6.45, 7) is 6.21. The third kappa shape index (κ3) is 56.1. The van der Waals surface area contributed by atoms with Crippen LogP contribution in [-0.4, -0.2) is 37.2 Å². The van der Waals surface area contributed by atoms with Gasteiger partial charge < -0.3 is 14.2 Å². The predicted molar refractivity (Wildman–Crippen MR) is 306 cm³/mol. The molecule has 0 saturated heterocycles. The molecule has 0 spiro atoms. The molecule has 398 valence electrons. The summed E-state index contributed by atoms with van der Waals surface area (Å²) in [5.74, 6) is -1.23. The molecule has 0 amide bonds. The van der Waals surface area contributed by atoms with Crippen LogP contribution in [0.1, 0.15) is 226 Å². The summed E-state index contributed by atoms with van der Waals surface area (Å²) in [4.78, 5) is 38.0. The molecular formula is C65H102O6. The summed E-state index contributed by atoms with van der Waals surface area (Å²) in [6.07, 6.45) is 83.2. The van der Waals surface area contributed by atoms with Gasteiger partial charge in [-0.1, -0.05) is 250 Å². The monoisotopic (exact) mass is 979 g/mol. The Labute approximate surface area is 436 Å². The second-order valence-electron chi connectivity index (χ2n) is 18.1. The SMILES string of the molecule is CC/C=C\C/C=C\C/C=C\C/C=C\C/C=C\CC(=O)OCC(COC(=O)CCCCCCCCCCCCC/C=C\C/C=C\CCCCCCC)OC(=O)C/C=C\C/C=C\C/C=C\C/C=C\C/C=C\CC. The first-order valence-electron chi connectivity index (χ1n) is 28.3. The number of ether oxygens (including phenoxy) is 3. The Balaban J connectivity index is 4.53.